The molecule has 6 heteroatoms. The van der Waals surface area contributed by atoms with Gasteiger partial charge in [0.2, 0.25) is 5.75 Å². The van der Waals surface area contributed by atoms with E-state index in [1.54, 1.807) is 31.2 Å². The molecule has 0 atom stereocenters. The van der Waals surface area contributed by atoms with Crippen molar-refractivity contribution in [2.75, 3.05) is 0 Å². The van der Waals surface area contributed by atoms with Crippen LogP contribution in [0, 0.1) is 17.0 Å². The zero-order valence-corrected chi connectivity index (χ0v) is 13.8. The summed E-state index contributed by atoms with van der Waals surface area (Å²) in [6, 6.07) is 10.3. The highest BCUT2D eigenvalue weighted by atomic mass is 79.9. The van der Waals surface area contributed by atoms with E-state index in [1.165, 1.54) is 6.07 Å². The summed E-state index contributed by atoms with van der Waals surface area (Å²) in [4.78, 5) is 10.6. The molecule has 0 saturated carbocycles. The van der Waals surface area contributed by atoms with Gasteiger partial charge < -0.3 is 4.74 Å². The first-order chi connectivity index (χ1) is 9.52. The van der Waals surface area contributed by atoms with Crippen LogP contribution in [-0.4, -0.2) is 4.92 Å². The molecule has 2 aromatic rings. The lowest BCUT2D eigenvalue weighted by Crippen LogP contribution is -1.95. The van der Waals surface area contributed by atoms with E-state index in [2.05, 4.69) is 31.9 Å². The highest BCUT2D eigenvalue weighted by molar-refractivity contribution is 9.10. The van der Waals surface area contributed by atoms with Crippen molar-refractivity contribution in [2.45, 2.75) is 12.3 Å². The fourth-order valence-corrected chi connectivity index (χ4v) is 3.09. The number of nitro groups is 1. The number of benzene rings is 2. The molecule has 0 N–H and O–H groups in total. The van der Waals surface area contributed by atoms with Crippen LogP contribution < -0.4 is 4.74 Å². The van der Waals surface area contributed by atoms with Crippen molar-refractivity contribution in [3.8, 4) is 11.5 Å². The lowest BCUT2D eigenvalue weighted by molar-refractivity contribution is -0.385. The highest BCUT2D eigenvalue weighted by Gasteiger charge is 2.18. The summed E-state index contributed by atoms with van der Waals surface area (Å²) in [5.41, 5.74) is 1.77. The van der Waals surface area contributed by atoms with E-state index >= 15 is 0 Å². The summed E-state index contributed by atoms with van der Waals surface area (Å²) in [5, 5.41) is 11.8. The second-order valence-corrected chi connectivity index (χ2v) is 5.58. The Bertz CT molecular complexity index is 659. The molecule has 0 amide bonds. The van der Waals surface area contributed by atoms with Crippen molar-refractivity contribution in [2.24, 2.45) is 0 Å². The minimum absolute atomic E-state index is 0.0364. The second kappa shape index (κ2) is 6.37. The van der Waals surface area contributed by atoms with Crippen molar-refractivity contribution in [3.05, 3.63) is 62.1 Å². The first-order valence-electron chi connectivity index (χ1n) is 5.79. The lowest BCUT2D eigenvalue weighted by Gasteiger charge is -2.10. The number of rotatable bonds is 4. The maximum absolute atomic E-state index is 11.0. The third-order valence-electron chi connectivity index (χ3n) is 2.78. The van der Waals surface area contributed by atoms with Gasteiger partial charge in [-0.1, -0.05) is 50.1 Å². The first-order valence-corrected chi connectivity index (χ1v) is 7.70. The van der Waals surface area contributed by atoms with Crippen molar-refractivity contribution in [1.82, 2.24) is 0 Å². The van der Waals surface area contributed by atoms with E-state index < -0.39 is 4.92 Å². The van der Waals surface area contributed by atoms with Crippen molar-refractivity contribution >= 4 is 37.5 Å². The molecule has 0 aliphatic rings. The molecule has 2 rings (SSSR count). The molecule has 104 valence electrons. The zero-order chi connectivity index (χ0) is 14.7. The van der Waals surface area contributed by atoms with Crippen LogP contribution in [0.2, 0.25) is 0 Å². The van der Waals surface area contributed by atoms with Gasteiger partial charge in [-0.2, -0.15) is 0 Å². The van der Waals surface area contributed by atoms with Gasteiger partial charge in [0.25, 0.3) is 0 Å². The van der Waals surface area contributed by atoms with E-state index in [-0.39, 0.29) is 11.4 Å². The number of halogens is 2. The maximum Gasteiger partial charge on any atom is 0.311 e. The van der Waals surface area contributed by atoms with Crippen LogP contribution in [0.25, 0.3) is 0 Å². The summed E-state index contributed by atoms with van der Waals surface area (Å²) >= 11 is 6.82. The van der Waals surface area contributed by atoms with Gasteiger partial charge in [0.15, 0.2) is 0 Å². The van der Waals surface area contributed by atoms with Gasteiger partial charge in [-0.3, -0.25) is 10.1 Å². The van der Waals surface area contributed by atoms with Gasteiger partial charge in [-0.25, -0.2) is 0 Å². The van der Waals surface area contributed by atoms with Crippen molar-refractivity contribution in [3.63, 3.8) is 0 Å². The number of hydrogen-bond donors (Lipinski definition) is 0. The van der Waals surface area contributed by atoms with Crippen LogP contribution in [0.1, 0.15) is 11.1 Å². The van der Waals surface area contributed by atoms with Gasteiger partial charge in [-0.05, 0) is 30.2 Å². The molecule has 0 radical (unpaired) electrons. The summed E-state index contributed by atoms with van der Waals surface area (Å²) in [7, 11) is 0. The molecule has 2 aromatic carbocycles. The molecule has 0 aromatic heterocycles. The maximum atomic E-state index is 11.0. The fourth-order valence-electron chi connectivity index (χ4n) is 1.73. The first kappa shape index (κ1) is 15.0. The third-order valence-corrected chi connectivity index (χ3v) is 4.12. The highest BCUT2D eigenvalue weighted by Crippen LogP contribution is 2.35. The van der Waals surface area contributed by atoms with E-state index in [9.17, 15) is 10.1 Å². The minimum atomic E-state index is -0.440. The van der Waals surface area contributed by atoms with Gasteiger partial charge in [0.05, 0.1) is 4.92 Å². The van der Waals surface area contributed by atoms with E-state index in [0.29, 0.717) is 5.75 Å². The van der Waals surface area contributed by atoms with E-state index in [0.717, 1.165) is 20.9 Å². The Balaban J connectivity index is 2.39. The average molecular weight is 401 g/mol. The molecule has 0 saturated heterocycles. The van der Waals surface area contributed by atoms with Crippen LogP contribution in [-0.2, 0) is 5.33 Å². The third kappa shape index (κ3) is 3.19. The molecular formula is C14H11Br2NO3. The minimum Gasteiger partial charge on any atom is -0.450 e. The van der Waals surface area contributed by atoms with Gasteiger partial charge >= 0.3 is 5.69 Å². The number of aryl methyl sites for hydroxylation is 1. The monoisotopic (exact) mass is 399 g/mol. The van der Waals surface area contributed by atoms with Gasteiger partial charge in [0.1, 0.15) is 5.75 Å². The number of ether oxygens (including phenoxy) is 1. The molecule has 0 spiro atoms. The smallest absolute Gasteiger partial charge is 0.311 e. The molecule has 0 aliphatic heterocycles. The predicted octanol–water partition coefficient (Wildman–Crippen LogP) is 5.35. The average Bonchev–Trinajstić information content (AvgIpc) is 2.41. The Morgan fingerprint density at radius 2 is 2.05 bits per heavy atom. The summed E-state index contributed by atoms with van der Waals surface area (Å²) in [6.45, 7) is 1.78. The summed E-state index contributed by atoms with van der Waals surface area (Å²) in [5.74, 6) is 0.829. The summed E-state index contributed by atoms with van der Waals surface area (Å²) in [6.07, 6.45) is 0. The van der Waals surface area contributed by atoms with E-state index in [4.69, 9.17) is 4.74 Å². The topological polar surface area (TPSA) is 52.4 Å². The molecule has 4 nitrogen and oxygen atoms in total. The van der Waals surface area contributed by atoms with Crippen molar-refractivity contribution in [1.29, 1.82) is 0 Å². The molecule has 0 bridgehead atoms. The van der Waals surface area contributed by atoms with Gasteiger partial charge in [0, 0.05) is 15.9 Å². The largest absolute Gasteiger partial charge is 0.450 e. The number of alkyl halides is 1. The summed E-state index contributed by atoms with van der Waals surface area (Å²) < 4.78 is 6.59. The van der Waals surface area contributed by atoms with Crippen LogP contribution >= 0.6 is 31.9 Å². The van der Waals surface area contributed by atoms with Crippen LogP contribution in [0.5, 0.6) is 11.5 Å². The molecule has 20 heavy (non-hydrogen) atoms. The Morgan fingerprint density at radius 3 is 2.65 bits per heavy atom. The molecule has 0 heterocycles. The molecule has 0 unspecified atom stereocenters. The molecule has 0 fully saturated rings. The predicted molar refractivity (Wildman–Crippen MR) is 84.7 cm³/mol. The van der Waals surface area contributed by atoms with Crippen LogP contribution in [0.4, 0.5) is 5.69 Å². The normalized spacial score (nSPS) is 10.3. The standard InChI is InChI=1S/C14H11Br2NO3/c1-9-3-2-4-13(17(18)19)14(9)20-11-6-5-10(8-15)12(16)7-11/h2-7H,8H2,1H3. The lowest BCUT2D eigenvalue weighted by atomic mass is 10.2. The fraction of sp³-hybridized carbons (Fsp3) is 0.143. The molecular weight excluding hydrogens is 390 g/mol. The zero-order valence-electron chi connectivity index (χ0n) is 10.6. The quantitative estimate of drug-likeness (QED) is 0.394. The Labute approximate surface area is 133 Å². The Hall–Kier alpha value is -1.40. The number of nitrogens with zero attached hydrogens (tertiary/aromatic N) is 1. The van der Waals surface area contributed by atoms with Crippen molar-refractivity contribution < 1.29 is 9.66 Å². The SMILES string of the molecule is Cc1cccc([N+](=O)[O-])c1Oc1ccc(CBr)c(Br)c1. The van der Waals surface area contributed by atoms with Crippen LogP contribution in [0.15, 0.2) is 40.9 Å². The Kier molecular flexibility index (Phi) is 4.77. The van der Waals surface area contributed by atoms with Crippen LogP contribution in [0.3, 0.4) is 0 Å². The number of para-hydroxylation sites is 1. The molecule has 0 aliphatic carbocycles. The Morgan fingerprint density at radius 1 is 1.30 bits per heavy atom. The number of nitro benzene ring substituents is 1. The number of hydrogen-bond acceptors (Lipinski definition) is 3. The van der Waals surface area contributed by atoms with E-state index in [1.807, 2.05) is 6.07 Å². The second-order valence-electron chi connectivity index (χ2n) is 4.17. The van der Waals surface area contributed by atoms with Gasteiger partial charge in [-0.15, -0.1) is 0 Å².